The molecule has 0 bridgehead atoms. The third kappa shape index (κ3) is 6.00. The number of nitrogens with one attached hydrogen (secondary N) is 1. The summed E-state index contributed by atoms with van der Waals surface area (Å²) in [6.07, 6.45) is 9.61. The standard InChI is InChI=1S/C28H32N4O4/c1-35-24-14-13-21(17-25(24)36-2)26(27(33)31-22-11-7-4-8-12-22)32(19-20-9-5-3-6-10-20)28(34)23-18-29-15-16-30-23/h3,5-6,9-10,13-18,22,26H,4,7-8,11-12,19H2,1-2H3,(H,31,33)/t26-/m0/s1. The van der Waals surface area contributed by atoms with Crippen LogP contribution < -0.4 is 14.8 Å². The summed E-state index contributed by atoms with van der Waals surface area (Å²) in [5, 5.41) is 3.22. The van der Waals surface area contributed by atoms with Gasteiger partial charge in [-0.2, -0.15) is 0 Å². The van der Waals surface area contributed by atoms with E-state index >= 15 is 0 Å². The first-order chi connectivity index (χ1) is 17.6. The van der Waals surface area contributed by atoms with Gasteiger partial charge in [0.2, 0.25) is 5.91 Å². The van der Waals surface area contributed by atoms with Crippen molar-refractivity contribution in [1.29, 1.82) is 0 Å². The minimum Gasteiger partial charge on any atom is -0.493 e. The highest BCUT2D eigenvalue weighted by atomic mass is 16.5. The largest absolute Gasteiger partial charge is 0.493 e. The van der Waals surface area contributed by atoms with Crippen molar-refractivity contribution in [3.05, 3.63) is 83.9 Å². The Labute approximate surface area is 211 Å². The van der Waals surface area contributed by atoms with Gasteiger partial charge < -0.3 is 19.7 Å². The van der Waals surface area contributed by atoms with Crippen LogP contribution in [0.15, 0.2) is 67.1 Å². The summed E-state index contributed by atoms with van der Waals surface area (Å²) in [6.45, 7) is 0.216. The summed E-state index contributed by atoms with van der Waals surface area (Å²) in [7, 11) is 3.11. The Hall–Kier alpha value is -3.94. The number of aromatic nitrogens is 2. The molecule has 2 aromatic carbocycles. The van der Waals surface area contributed by atoms with Crippen LogP contribution in [0.3, 0.4) is 0 Å². The predicted octanol–water partition coefficient (Wildman–Crippen LogP) is 4.33. The van der Waals surface area contributed by atoms with Crippen molar-refractivity contribution in [2.75, 3.05) is 14.2 Å². The summed E-state index contributed by atoms with van der Waals surface area (Å²) in [5.41, 5.74) is 1.68. The zero-order valence-electron chi connectivity index (χ0n) is 20.7. The van der Waals surface area contributed by atoms with Gasteiger partial charge in [-0.15, -0.1) is 0 Å². The highest BCUT2D eigenvalue weighted by molar-refractivity contribution is 5.96. The second kappa shape index (κ2) is 12.2. The smallest absolute Gasteiger partial charge is 0.275 e. The van der Waals surface area contributed by atoms with Crippen LogP contribution in [0.2, 0.25) is 0 Å². The maximum absolute atomic E-state index is 13.9. The van der Waals surface area contributed by atoms with E-state index in [9.17, 15) is 9.59 Å². The molecule has 36 heavy (non-hydrogen) atoms. The first kappa shape index (κ1) is 25.2. The molecule has 0 aliphatic heterocycles. The van der Waals surface area contributed by atoms with Crippen LogP contribution in [0.25, 0.3) is 0 Å². The van der Waals surface area contributed by atoms with Gasteiger partial charge in [-0.1, -0.05) is 55.7 Å². The van der Waals surface area contributed by atoms with Gasteiger partial charge in [0.25, 0.3) is 5.91 Å². The van der Waals surface area contributed by atoms with Gasteiger partial charge in [-0.3, -0.25) is 14.6 Å². The van der Waals surface area contributed by atoms with Gasteiger partial charge in [-0.25, -0.2) is 4.98 Å². The highest BCUT2D eigenvalue weighted by Crippen LogP contribution is 2.34. The number of nitrogens with zero attached hydrogens (tertiary/aromatic N) is 3. The molecule has 1 heterocycles. The lowest BCUT2D eigenvalue weighted by Crippen LogP contribution is -2.47. The fraction of sp³-hybridized carbons (Fsp3) is 0.357. The molecule has 2 amide bonds. The summed E-state index contributed by atoms with van der Waals surface area (Å²) >= 11 is 0. The second-order valence-corrected chi connectivity index (χ2v) is 8.87. The molecule has 0 radical (unpaired) electrons. The van der Waals surface area contributed by atoms with E-state index in [1.807, 2.05) is 30.3 Å². The molecule has 0 spiro atoms. The Morgan fingerprint density at radius 3 is 2.42 bits per heavy atom. The summed E-state index contributed by atoms with van der Waals surface area (Å²) in [5.74, 6) is 0.410. The molecule has 188 valence electrons. The lowest BCUT2D eigenvalue weighted by Gasteiger charge is -2.33. The lowest BCUT2D eigenvalue weighted by atomic mass is 9.94. The molecule has 1 saturated carbocycles. The quantitative estimate of drug-likeness (QED) is 0.482. The van der Waals surface area contributed by atoms with Crippen LogP contribution >= 0.6 is 0 Å². The molecule has 1 aliphatic rings. The van der Waals surface area contributed by atoms with E-state index in [0.717, 1.165) is 31.2 Å². The SMILES string of the molecule is COc1ccc([C@@H](C(=O)NC2CCCCC2)N(Cc2ccccc2)C(=O)c2cnccn2)cc1OC. The fourth-order valence-electron chi connectivity index (χ4n) is 4.64. The van der Waals surface area contributed by atoms with E-state index in [1.165, 1.54) is 25.0 Å². The van der Waals surface area contributed by atoms with Crippen LogP contribution in [-0.4, -0.2) is 46.9 Å². The second-order valence-electron chi connectivity index (χ2n) is 8.87. The minimum atomic E-state index is -0.915. The maximum Gasteiger partial charge on any atom is 0.275 e. The number of carbonyl (C=O) groups excluding carboxylic acids is 2. The Kier molecular flexibility index (Phi) is 8.49. The first-order valence-corrected chi connectivity index (χ1v) is 12.2. The van der Waals surface area contributed by atoms with Crippen LogP contribution in [0.1, 0.15) is 59.8 Å². The van der Waals surface area contributed by atoms with Crippen LogP contribution in [0, 0.1) is 0 Å². The molecule has 1 aliphatic carbocycles. The van der Waals surface area contributed by atoms with Crippen molar-refractivity contribution in [2.45, 2.75) is 50.7 Å². The summed E-state index contributed by atoms with van der Waals surface area (Å²) < 4.78 is 10.9. The van der Waals surface area contributed by atoms with Crippen molar-refractivity contribution in [1.82, 2.24) is 20.2 Å². The summed E-state index contributed by atoms with van der Waals surface area (Å²) in [6, 6.07) is 14.1. The normalized spacial score (nSPS) is 14.5. The number of rotatable bonds is 9. The lowest BCUT2D eigenvalue weighted by molar-refractivity contribution is -0.127. The Morgan fingerprint density at radius 1 is 1.00 bits per heavy atom. The zero-order valence-corrected chi connectivity index (χ0v) is 20.7. The molecule has 1 fully saturated rings. The van der Waals surface area contributed by atoms with Crippen LogP contribution in [0.4, 0.5) is 0 Å². The topological polar surface area (TPSA) is 93.7 Å². The van der Waals surface area contributed by atoms with Crippen molar-refractivity contribution < 1.29 is 19.1 Å². The average Bonchev–Trinajstić information content (AvgIpc) is 2.93. The number of hydrogen-bond acceptors (Lipinski definition) is 6. The first-order valence-electron chi connectivity index (χ1n) is 12.2. The van der Waals surface area contributed by atoms with E-state index < -0.39 is 6.04 Å². The molecule has 4 rings (SSSR count). The number of hydrogen-bond donors (Lipinski definition) is 1. The molecule has 3 aromatic rings. The molecule has 8 nitrogen and oxygen atoms in total. The predicted molar refractivity (Wildman–Crippen MR) is 136 cm³/mol. The van der Waals surface area contributed by atoms with Gasteiger partial charge in [0.15, 0.2) is 11.5 Å². The fourth-order valence-corrected chi connectivity index (χ4v) is 4.64. The molecule has 8 heteroatoms. The molecular formula is C28H32N4O4. The van der Waals surface area contributed by atoms with Crippen molar-refractivity contribution in [2.24, 2.45) is 0 Å². The van der Waals surface area contributed by atoms with E-state index in [4.69, 9.17) is 9.47 Å². The Bertz CT molecular complexity index is 1150. The van der Waals surface area contributed by atoms with Crippen molar-refractivity contribution in [3.63, 3.8) is 0 Å². The van der Waals surface area contributed by atoms with Crippen molar-refractivity contribution >= 4 is 11.8 Å². The number of ether oxygens (including phenoxy) is 2. The molecule has 0 saturated heterocycles. The van der Waals surface area contributed by atoms with Gasteiger partial charge in [0, 0.05) is 25.0 Å². The van der Waals surface area contributed by atoms with Crippen LogP contribution in [-0.2, 0) is 11.3 Å². The summed E-state index contributed by atoms with van der Waals surface area (Å²) in [4.78, 5) is 37.6. The molecular weight excluding hydrogens is 456 g/mol. The molecule has 1 atom stereocenters. The monoisotopic (exact) mass is 488 g/mol. The van der Waals surface area contributed by atoms with Gasteiger partial charge in [0.05, 0.1) is 20.4 Å². The highest BCUT2D eigenvalue weighted by Gasteiger charge is 2.34. The van der Waals surface area contributed by atoms with E-state index in [1.54, 1.807) is 37.3 Å². The Morgan fingerprint density at radius 2 is 1.75 bits per heavy atom. The number of amides is 2. The minimum absolute atomic E-state index is 0.0825. The van der Waals surface area contributed by atoms with E-state index in [2.05, 4.69) is 15.3 Å². The third-order valence-electron chi connectivity index (χ3n) is 6.47. The molecule has 1 N–H and O–H groups in total. The van der Waals surface area contributed by atoms with Crippen molar-refractivity contribution in [3.8, 4) is 11.5 Å². The van der Waals surface area contributed by atoms with E-state index in [0.29, 0.717) is 17.1 Å². The Balaban J connectivity index is 1.78. The maximum atomic E-state index is 13.9. The zero-order chi connectivity index (χ0) is 25.3. The molecule has 1 aromatic heterocycles. The van der Waals surface area contributed by atoms with E-state index in [-0.39, 0.29) is 30.1 Å². The third-order valence-corrected chi connectivity index (χ3v) is 6.47. The number of carbonyl (C=O) groups is 2. The van der Waals surface area contributed by atoms with Gasteiger partial charge in [0.1, 0.15) is 11.7 Å². The number of benzene rings is 2. The average molecular weight is 489 g/mol. The molecule has 0 unspecified atom stereocenters. The van der Waals surface area contributed by atoms with Gasteiger partial charge >= 0.3 is 0 Å². The van der Waals surface area contributed by atoms with Crippen LogP contribution in [0.5, 0.6) is 11.5 Å². The van der Waals surface area contributed by atoms with Gasteiger partial charge in [-0.05, 0) is 36.1 Å². The number of methoxy groups -OCH3 is 2.